The molecule has 5 heteroatoms. The lowest BCUT2D eigenvalue weighted by molar-refractivity contribution is 0.759. The summed E-state index contributed by atoms with van der Waals surface area (Å²) in [6, 6.07) is 60.7. The second kappa shape index (κ2) is 16.9. The molecule has 8 aromatic rings. The molecule has 0 saturated carbocycles. The van der Waals surface area contributed by atoms with Crippen molar-refractivity contribution in [2.75, 3.05) is 9.80 Å². The molecular weight excluding hydrogens is 791 g/mol. The van der Waals surface area contributed by atoms with E-state index in [9.17, 15) is 0 Å². The minimum Gasteiger partial charge on any atom is -0.333 e. The van der Waals surface area contributed by atoms with Crippen molar-refractivity contribution >= 4 is 28.3 Å². The van der Waals surface area contributed by atoms with Crippen molar-refractivity contribution in [1.82, 2.24) is 15.0 Å². The molecule has 3 heterocycles. The van der Waals surface area contributed by atoms with E-state index in [2.05, 4.69) is 230 Å². The van der Waals surface area contributed by atoms with Gasteiger partial charge in [-0.2, -0.15) is 0 Å². The molecule has 0 N–H and O–H groups in total. The van der Waals surface area contributed by atoms with Crippen LogP contribution >= 0.6 is 0 Å². The van der Waals surface area contributed by atoms with Crippen molar-refractivity contribution in [3.8, 4) is 45.3 Å². The fourth-order valence-electron chi connectivity index (χ4n) is 9.72. The maximum absolute atomic E-state index is 5.14. The van der Waals surface area contributed by atoms with Crippen LogP contribution in [-0.4, -0.2) is 21.0 Å². The first kappa shape index (κ1) is 39.7. The standard InChI is InChI=1S/C60H47N5/c1-40-18-10-12-26-50(40)59-61-58(62-60(63-59)51-27-13-11-19-41(51)2)47-23-16-22-45(39-47)52-29-17-31-56-57(52)53-28-14-15-30-55(53)65(56)49-35-32-43(33-36-49)44-34-37-54-46(38-44)21-7-4-6-20-42(3)64(54)48-24-8-5-9-25-48/h4-20,22-39,56-57H,3,21H2,1-2H3/b7-4-,20-6-. The predicted molar refractivity (Wildman–Crippen MR) is 269 cm³/mol. The first-order chi connectivity index (χ1) is 32.0. The van der Waals surface area contributed by atoms with Crippen LogP contribution in [-0.2, 0) is 6.42 Å². The summed E-state index contributed by atoms with van der Waals surface area (Å²) >= 11 is 0. The Bertz CT molecular complexity index is 3180. The van der Waals surface area contributed by atoms with E-state index in [0.717, 1.165) is 62.6 Å². The number of hydrogen-bond donors (Lipinski definition) is 0. The molecule has 11 rings (SSSR count). The second-order valence-electron chi connectivity index (χ2n) is 17.0. The summed E-state index contributed by atoms with van der Waals surface area (Å²) in [6.45, 7) is 8.65. The Morgan fingerprint density at radius 3 is 1.94 bits per heavy atom. The zero-order chi connectivity index (χ0) is 43.9. The Hall–Kier alpha value is -8.15. The third-order valence-electron chi connectivity index (χ3n) is 12.9. The highest BCUT2D eigenvalue weighted by Gasteiger charge is 2.41. The summed E-state index contributed by atoms with van der Waals surface area (Å²) in [6.07, 6.45) is 16.2. The van der Waals surface area contributed by atoms with Gasteiger partial charge in [-0.3, -0.25) is 0 Å². The molecule has 7 aromatic carbocycles. The largest absolute Gasteiger partial charge is 0.333 e. The lowest BCUT2D eigenvalue weighted by Gasteiger charge is -2.31. The molecular formula is C60H47N5. The van der Waals surface area contributed by atoms with Gasteiger partial charge in [-0.25, -0.2) is 15.0 Å². The third kappa shape index (κ3) is 7.41. The topological polar surface area (TPSA) is 45.2 Å². The Labute approximate surface area is 381 Å². The van der Waals surface area contributed by atoms with Gasteiger partial charge in [0.15, 0.2) is 17.5 Å². The van der Waals surface area contributed by atoms with Crippen molar-refractivity contribution in [3.05, 3.63) is 252 Å². The number of allylic oxidation sites excluding steroid dienone is 6. The van der Waals surface area contributed by atoms with Crippen molar-refractivity contribution in [3.63, 3.8) is 0 Å². The number of aromatic nitrogens is 3. The summed E-state index contributed by atoms with van der Waals surface area (Å²) in [5, 5.41) is 0. The van der Waals surface area contributed by atoms with Gasteiger partial charge in [-0.1, -0.05) is 164 Å². The molecule has 0 radical (unpaired) electrons. The number of anilines is 4. The van der Waals surface area contributed by atoms with Gasteiger partial charge in [0.1, 0.15) is 0 Å². The fraction of sp³-hybridized carbons (Fsp3) is 0.0833. The van der Waals surface area contributed by atoms with Gasteiger partial charge in [0.2, 0.25) is 0 Å². The van der Waals surface area contributed by atoms with Gasteiger partial charge in [0.25, 0.3) is 0 Å². The highest BCUT2D eigenvalue weighted by Crippen LogP contribution is 2.53. The molecule has 5 nitrogen and oxygen atoms in total. The SMILES string of the molecule is C=C1/C=C\C=C/Cc2cc(-c3ccc(N4c5ccccc5C5C(c6cccc(-c7nc(-c8ccccc8C)nc(-c8ccccc8C)n7)c6)=CC=CC54)cc3)ccc2N1c1ccccc1. The smallest absolute Gasteiger partial charge is 0.164 e. The van der Waals surface area contributed by atoms with Gasteiger partial charge in [0.05, 0.1) is 6.04 Å². The molecule has 2 unspecified atom stereocenters. The van der Waals surface area contributed by atoms with Crippen LogP contribution in [0.25, 0.3) is 50.9 Å². The van der Waals surface area contributed by atoms with Crippen LogP contribution < -0.4 is 9.80 Å². The Morgan fingerprint density at radius 2 is 1.18 bits per heavy atom. The third-order valence-corrected chi connectivity index (χ3v) is 12.9. The molecule has 312 valence electrons. The average Bonchev–Trinajstić information content (AvgIpc) is 3.72. The van der Waals surface area contributed by atoms with Crippen LogP contribution in [0, 0.1) is 13.8 Å². The van der Waals surface area contributed by atoms with Crippen molar-refractivity contribution in [2.24, 2.45) is 0 Å². The molecule has 65 heavy (non-hydrogen) atoms. The number of fused-ring (bicyclic) bond motifs is 4. The normalized spacial score (nSPS) is 17.3. The predicted octanol–water partition coefficient (Wildman–Crippen LogP) is 14.7. The first-order valence-corrected chi connectivity index (χ1v) is 22.3. The van der Waals surface area contributed by atoms with Gasteiger partial charge >= 0.3 is 0 Å². The van der Waals surface area contributed by atoms with E-state index in [0.29, 0.717) is 17.5 Å². The van der Waals surface area contributed by atoms with Gasteiger partial charge in [-0.15, -0.1) is 0 Å². The summed E-state index contributed by atoms with van der Waals surface area (Å²) in [5.74, 6) is 2.12. The zero-order valence-corrected chi connectivity index (χ0v) is 36.5. The Balaban J connectivity index is 0.923. The molecule has 0 bridgehead atoms. The molecule has 3 aliphatic rings. The molecule has 0 saturated heterocycles. The lowest BCUT2D eigenvalue weighted by Crippen LogP contribution is -2.30. The second-order valence-corrected chi connectivity index (χ2v) is 17.0. The van der Waals surface area contributed by atoms with Crippen molar-refractivity contribution in [1.29, 1.82) is 0 Å². The molecule has 2 aliphatic heterocycles. The van der Waals surface area contributed by atoms with E-state index in [1.54, 1.807) is 0 Å². The number of benzene rings is 7. The summed E-state index contributed by atoms with van der Waals surface area (Å²) in [7, 11) is 0. The van der Waals surface area contributed by atoms with E-state index >= 15 is 0 Å². The lowest BCUT2D eigenvalue weighted by atomic mass is 9.80. The number of para-hydroxylation sites is 2. The van der Waals surface area contributed by atoms with E-state index in [4.69, 9.17) is 15.0 Å². The number of rotatable bonds is 7. The van der Waals surface area contributed by atoms with Crippen molar-refractivity contribution in [2.45, 2.75) is 32.2 Å². The minimum absolute atomic E-state index is 0.0947. The van der Waals surface area contributed by atoms with Gasteiger partial charge in [0, 0.05) is 51.1 Å². The fourth-order valence-corrected chi connectivity index (χ4v) is 9.72. The van der Waals surface area contributed by atoms with Crippen LogP contribution in [0.15, 0.2) is 225 Å². The molecule has 0 spiro atoms. The maximum Gasteiger partial charge on any atom is 0.164 e. The summed E-state index contributed by atoms with van der Waals surface area (Å²) in [5.41, 5.74) is 18.1. The molecule has 0 amide bonds. The maximum atomic E-state index is 5.14. The Morgan fingerprint density at radius 1 is 0.523 bits per heavy atom. The molecule has 1 aromatic heterocycles. The monoisotopic (exact) mass is 837 g/mol. The quantitative estimate of drug-likeness (QED) is 0.160. The highest BCUT2D eigenvalue weighted by molar-refractivity contribution is 5.87. The molecule has 1 aliphatic carbocycles. The van der Waals surface area contributed by atoms with E-state index < -0.39 is 0 Å². The van der Waals surface area contributed by atoms with Crippen LogP contribution in [0.2, 0.25) is 0 Å². The first-order valence-electron chi connectivity index (χ1n) is 22.3. The number of hydrogen-bond acceptors (Lipinski definition) is 5. The van der Waals surface area contributed by atoms with Gasteiger partial charge < -0.3 is 9.80 Å². The number of aryl methyl sites for hydroxylation is 2. The Kier molecular flexibility index (Phi) is 10.3. The minimum atomic E-state index is 0.0947. The zero-order valence-electron chi connectivity index (χ0n) is 36.5. The van der Waals surface area contributed by atoms with Gasteiger partial charge in [-0.05, 0) is 119 Å². The summed E-state index contributed by atoms with van der Waals surface area (Å²) in [4.78, 5) is 20.1. The molecule has 0 fully saturated rings. The van der Waals surface area contributed by atoms with E-state index in [1.165, 1.54) is 33.5 Å². The van der Waals surface area contributed by atoms with Crippen LogP contribution in [0.4, 0.5) is 22.7 Å². The number of nitrogens with zero attached hydrogens (tertiary/aromatic N) is 5. The van der Waals surface area contributed by atoms with Crippen LogP contribution in [0.1, 0.15) is 33.7 Å². The van der Waals surface area contributed by atoms with E-state index in [1.807, 2.05) is 12.1 Å². The summed E-state index contributed by atoms with van der Waals surface area (Å²) < 4.78 is 0. The molecule has 2 atom stereocenters. The highest BCUT2D eigenvalue weighted by atomic mass is 15.2. The average molecular weight is 838 g/mol. The van der Waals surface area contributed by atoms with Crippen LogP contribution in [0.5, 0.6) is 0 Å². The van der Waals surface area contributed by atoms with Crippen LogP contribution in [0.3, 0.4) is 0 Å². The van der Waals surface area contributed by atoms with Crippen molar-refractivity contribution < 1.29 is 0 Å². The van der Waals surface area contributed by atoms with E-state index in [-0.39, 0.29) is 12.0 Å².